The molecule has 120 valence electrons. The van der Waals surface area contributed by atoms with E-state index < -0.39 is 18.3 Å². The van der Waals surface area contributed by atoms with Crippen molar-refractivity contribution in [2.45, 2.75) is 38.0 Å². The number of hydrogen-bond donors (Lipinski definition) is 1. The van der Waals surface area contributed by atoms with Gasteiger partial charge in [0.15, 0.2) is 0 Å². The van der Waals surface area contributed by atoms with Crippen molar-refractivity contribution in [2.24, 2.45) is 5.92 Å². The van der Waals surface area contributed by atoms with Crippen molar-refractivity contribution in [1.82, 2.24) is 0 Å². The molecule has 22 heavy (non-hydrogen) atoms. The van der Waals surface area contributed by atoms with Gasteiger partial charge in [-0.15, -0.1) is 0 Å². The zero-order valence-corrected chi connectivity index (χ0v) is 12.6. The van der Waals surface area contributed by atoms with Gasteiger partial charge in [-0.1, -0.05) is 12.2 Å². The van der Waals surface area contributed by atoms with Crippen molar-refractivity contribution in [1.29, 1.82) is 0 Å². The zero-order chi connectivity index (χ0) is 16.0. The number of allylic oxidation sites excluding steroid dienone is 2. The Bertz CT molecular complexity index is 526. The predicted octanol–water partition coefficient (Wildman–Crippen LogP) is 4.41. The summed E-state index contributed by atoms with van der Waals surface area (Å²) in [7, 11) is 1.52. The highest BCUT2D eigenvalue weighted by Gasteiger charge is 2.38. The number of amides is 1. The number of alkyl halides is 2. The first-order chi connectivity index (χ1) is 10.5. The standard InChI is InChI=1S/C17H21F2NO2/c1-22-15-9-7-14(8-10-15)20-16(21)17(18,19)12-11-13-5-3-2-4-6-13/h2-3,7-10,13H,4-6,11-12H2,1H3,(H,20,21). The summed E-state index contributed by atoms with van der Waals surface area (Å²) < 4.78 is 32.9. The summed E-state index contributed by atoms with van der Waals surface area (Å²) in [5.41, 5.74) is 0.339. The number of ether oxygens (including phenoxy) is 1. The van der Waals surface area contributed by atoms with Crippen LogP contribution in [0.1, 0.15) is 32.1 Å². The Balaban J connectivity index is 1.87. The van der Waals surface area contributed by atoms with Crippen LogP contribution in [0.3, 0.4) is 0 Å². The molecule has 2 rings (SSSR count). The maximum absolute atomic E-state index is 13.9. The molecule has 1 atom stereocenters. The van der Waals surface area contributed by atoms with E-state index in [0.29, 0.717) is 17.9 Å². The molecule has 1 aliphatic carbocycles. The Morgan fingerprint density at radius 1 is 1.32 bits per heavy atom. The SMILES string of the molecule is COc1ccc(NC(=O)C(F)(F)CCC2CC=CCC2)cc1. The first-order valence-electron chi connectivity index (χ1n) is 7.49. The molecule has 3 nitrogen and oxygen atoms in total. The molecule has 5 heteroatoms. The van der Waals surface area contributed by atoms with Crippen molar-refractivity contribution in [2.75, 3.05) is 12.4 Å². The fourth-order valence-corrected chi connectivity index (χ4v) is 2.51. The van der Waals surface area contributed by atoms with Gasteiger partial charge >= 0.3 is 5.92 Å². The van der Waals surface area contributed by atoms with E-state index in [1.165, 1.54) is 7.11 Å². The second-order valence-electron chi connectivity index (χ2n) is 5.58. The predicted molar refractivity (Wildman–Crippen MR) is 82.3 cm³/mol. The lowest BCUT2D eigenvalue weighted by atomic mass is 9.89. The molecule has 1 amide bonds. The van der Waals surface area contributed by atoms with Crippen molar-refractivity contribution in [3.05, 3.63) is 36.4 Å². The Kier molecular flexibility index (Phi) is 5.52. The van der Waals surface area contributed by atoms with E-state index in [9.17, 15) is 13.6 Å². The van der Waals surface area contributed by atoms with Gasteiger partial charge in [-0.25, -0.2) is 0 Å². The topological polar surface area (TPSA) is 38.3 Å². The second-order valence-corrected chi connectivity index (χ2v) is 5.58. The van der Waals surface area contributed by atoms with Crippen LogP contribution in [0.5, 0.6) is 5.75 Å². The van der Waals surface area contributed by atoms with Gasteiger partial charge in [0.05, 0.1) is 7.11 Å². The van der Waals surface area contributed by atoms with E-state index >= 15 is 0 Å². The number of carbonyl (C=O) groups excluding carboxylic acids is 1. The largest absolute Gasteiger partial charge is 0.497 e. The Morgan fingerprint density at radius 3 is 2.64 bits per heavy atom. The third-order valence-corrected chi connectivity index (χ3v) is 3.92. The number of methoxy groups -OCH3 is 1. The Morgan fingerprint density at radius 2 is 2.05 bits per heavy atom. The van der Waals surface area contributed by atoms with Gasteiger partial charge in [-0.05, 0) is 55.9 Å². The molecule has 0 bridgehead atoms. The van der Waals surface area contributed by atoms with E-state index in [0.717, 1.165) is 19.3 Å². The summed E-state index contributed by atoms with van der Waals surface area (Å²) in [5.74, 6) is -3.73. The summed E-state index contributed by atoms with van der Waals surface area (Å²) in [6, 6.07) is 6.31. The highest BCUT2D eigenvalue weighted by molar-refractivity contribution is 5.96. The van der Waals surface area contributed by atoms with Crippen molar-refractivity contribution in [3.8, 4) is 5.75 Å². The third kappa shape index (κ3) is 4.55. The summed E-state index contributed by atoms with van der Waals surface area (Å²) in [5, 5.41) is 2.26. The molecule has 0 saturated carbocycles. The van der Waals surface area contributed by atoms with Crippen molar-refractivity contribution < 1.29 is 18.3 Å². The van der Waals surface area contributed by atoms with Gasteiger partial charge < -0.3 is 10.1 Å². The molecule has 0 spiro atoms. The van der Waals surface area contributed by atoms with Crippen molar-refractivity contribution >= 4 is 11.6 Å². The first-order valence-corrected chi connectivity index (χ1v) is 7.49. The second kappa shape index (κ2) is 7.38. The number of benzene rings is 1. The van der Waals surface area contributed by atoms with Gasteiger partial charge in [0.1, 0.15) is 5.75 Å². The first kappa shape index (κ1) is 16.5. The van der Waals surface area contributed by atoms with Crippen LogP contribution in [0.15, 0.2) is 36.4 Å². The van der Waals surface area contributed by atoms with Crippen LogP contribution < -0.4 is 10.1 Å². The lowest BCUT2D eigenvalue weighted by Gasteiger charge is -2.21. The van der Waals surface area contributed by atoms with Crippen LogP contribution in [-0.2, 0) is 4.79 Å². The average molecular weight is 309 g/mol. The smallest absolute Gasteiger partial charge is 0.324 e. The van der Waals surface area contributed by atoms with E-state index in [4.69, 9.17) is 4.74 Å². The van der Waals surface area contributed by atoms with E-state index in [1.54, 1.807) is 24.3 Å². The van der Waals surface area contributed by atoms with Gasteiger partial charge in [0, 0.05) is 12.1 Å². The minimum Gasteiger partial charge on any atom is -0.497 e. The quantitative estimate of drug-likeness (QED) is 0.791. The van der Waals surface area contributed by atoms with Gasteiger partial charge in [-0.3, -0.25) is 4.79 Å². The van der Waals surface area contributed by atoms with Gasteiger partial charge in [-0.2, -0.15) is 8.78 Å². The zero-order valence-electron chi connectivity index (χ0n) is 12.6. The summed E-state index contributed by atoms with van der Waals surface area (Å²) in [6.45, 7) is 0. The van der Waals surface area contributed by atoms with Crippen LogP contribution in [0, 0.1) is 5.92 Å². The number of hydrogen-bond acceptors (Lipinski definition) is 2. The summed E-state index contributed by atoms with van der Waals surface area (Å²) >= 11 is 0. The molecule has 0 radical (unpaired) electrons. The molecular formula is C17H21F2NO2. The van der Waals surface area contributed by atoms with E-state index in [2.05, 4.69) is 11.4 Å². The third-order valence-electron chi connectivity index (χ3n) is 3.92. The minimum absolute atomic E-state index is 0.254. The molecule has 1 unspecified atom stereocenters. The molecular weight excluding hydrogens is 288 g/mol. The number of anilines is 1. The molecule has 1 aromatic rings. The minimum atomic E-state index is -3.35. The van der Waals surface area contributed by atoms with Crippen LogP contribution in [0.25, 0.3) is 0 Å². The molecule has 0 saturated heterocycles. The molecule has 0 aromatic heterocycles. The summed E-state index contributed by atoms with van der Waals surface area (Å²) in [6.07, 6.45) is 6.76. The fraction of sp³-hybridized carbons (Fsp3) is 0.471. The lowest BCUT2D eigenvalue weighted by molar-refractivity contribution is -0.140. The molecule has 1 N–H and O–H groups in total. The van der Waals surface area contributed by atoms with Gasteiger partial charge in [0.25, 0.3) is 5.91 Å². The molecule has 0 fully saturated rings. The number of halogens is 2. The maximum atomic E-state index is 13.9. The van der Waals surface area contributed by atoms with Crippen LogP contribution in [0.4, 0.5) is 14.5 Å². The highest BCUT2D eigenvalue weighted by atomic mass is 19.3. The highest BCUT2D eigenvalue weighted by Crippen LogP contribution is 2.30. The molecule has 1 aromatic carbocycles. The van der Waals surface area contributed by atoms with Crippen LogP contribution in [-0.4, -0.2) is 18.9 Å². The maximum Gasteiger partial charge on any atom is 0.324 e. The van der Waals surface area contributed by atoms with E-state index in [1.807, 2.05) is 6.08 Å². The average Bonchev–Trinajstić information content (AvgIpc) is 2.54. The van der Waals surface area contributed by atoms with Crippen LogP contribution in [0.2, 0.25) is 0 Å². The number of rotatable bonds is 6. The van der Waals surface area contributed by atoms with Gasteiger partial charge in [0.2, 0.25) is 0 Å². The number of carbonyl (C=O) groups is 1. The van der Waals surface area contributed by atoms with Crippen molar-refractivity contribution in [3.63, 3.8) is 0 Å². The summed E-state index contributed by atoms with van der Waals surface area (Å²) in [4.78, 5) is 11.8. The monoisotopic (exact) mass is 309 g/mol. The normalized spacial score (nSPS) is 18.0. The molecule has 1 aliphatic rings. The number of nitrogens with one attached hydrogen (secondary N) is 1. The Hall–Kier alpha value is -1.91. The molecule has 0 aliphatic heterocycles. The molecule has 0 heterocycles. The van der Waals surface area contributed by atoms with E-state index in [-0.39, 0.29) is 5.92 Å². The Labute approximate surface area is 129 Å². The van der Waals surface area contributed by atoms with Crippen LogP contribution >= 0.6 is 0 Å². The lowest BCUT2D eigenvalue weighted by Crippen LogP contribution is -2.35. The fourth-order valence-electron chi connectivity index (χ4n) is 2.51.